The van der Waals surface area contributed by atoms with Gasteiger partial charge in [0.15, 0.2) is 0 Å². The number of methoxy groups -OCH3 is 1. The van der Waals surface area contributed by atoms with Crippen molar-refractivity contribution in [1.29, 1.82) is 0 Å². The predicted molar refractivity (Wildman–Crippen MR) is 94.1 cm³/mol. The fraction of sp³-hybridized carbons (Fsp3) is 0.650. The summed E-state index contributed by atoms with van der Waals surface area (Å²) in [5.41, 5.74) is 1.23. The lowest BCUT2D eigenvalue weighted by Gasteiger charge is -2.31. The maximum Gasteiger partial charge on any atom is 0.223 e. The van der Waals surface area contributed by atoms with Crippen LogP contribution in [0.25, 0.3) is 0 Å². The molecule has 0 aliphatic carbocycles. The highest BCUT2D eigenvalue weighted by Gasteiger charge is 2.27. The third-order valence-corrected chi connectivity index (χ3v) is 5.28. The third kappa shape index (κ3) is 4.29. The second kappa shape index (κ2) is 8.52. The SMILES string of the molecule is COc1ccc(C2CCCCCN2C(=O)CCC2CCCO2)cc1. The average Bonchev–Trinajstić information content (AvgIpc) is 3.02. The molecule has 1 aromatic carbocycles. The molecule has 2 unspecified atom stereocenters. The van der Waals surface area contributed by atoms with Crippen molar-refractivity contribution >= 4 is 5.91 Å². The standard InChI is InChI=1S/C20H29NO3/c1-23-17-10-8-16(9-11-17)19-7-3-2-4-14-21(19)20(22)13-12-18-6-5-15-24-18/h8-11,18-19H,2-7,12-15H2,1H3. The minimum Gasteiger partial charge on any atom is -0.497 e. The molecule has 2 atom stereocenters. The van der Waals surface area contributed by atoms with Gasteiger partial charge in [0, 0.05) is 19.6 Å². The van der Waals surface area contributed by atoms with Crippen molar-refractivity contribution in [1.82, 2.24) is 4.90 Å². The molecule has 0 aromatic heterocycles. The van der Waals surface area contributed by atoms with E-state index < -0.39 is 0 Å². The molecular weight excluding hydrogens is 302 g/mol. The second-order valence-corrected chi connectivity index (χ2v) is 6.90. The van der Waals surface area contributed by atoms with Gasteiger partial charge in [-0.1, -0.05) is 25.0 Å². The maximum atomic E-state index is 12.9. The number of carbonyl (C=O) groups is 1. The summed E-state index contributed by atoms with van der Waals surface area (Å²) in [6, 6.07) is 8.41. The molecule has 2 fully saturated rings. The first kappa shape index (κ1) is 17.3. The summed E-state index contributed by atoms with van der Waals surface area (Å²) in [5.74, 6) is 1.15. The topological polar surface area (TPSA) is 38.8 Å². The summed E-state index contributed by atoms with van der Waals surface area (Å²) in [6.45, 7) is 1.73. The van der Waals surface area contributed by atoms with E-state index in [0.717, 1.165) is 51.0 Å². The molecule has 3 rings (SSSR count). The Balaban J connectivity index is 1.67. The molecule has 0 N–H and O–H groups in total. The molecule has 4 nitrogen and oxygen atoms in total. The van der Waals surface area contributed by atoms with E-state index in [-0.39, 0.29) is 11.9 Å². The van der Waals surface area contributed by atoms with Gasteiger partial charge in [0.2, 0.25) is 5.91 Å². The first-order chi connectivity index (χ1) is 11.8. The van der Waals surface area contributed by atoms with Crippen molar-refractivity contribution < 1.29 is 14.3 Å². The van der Waals surface area contributed by atoms with Crippen LogP contribution in [0.5, 0.6) is 5.75 Å². The number of nitrogens with zero attached hydrogens (tertiary/aromatic N) is 1. The van der Waals surface area contributed by atoms with Gasteiger partial charge in [0.05, 0.1) is 19.3 Å². The van der Waals surface area contributed by atoms with Crippen molar-refractivity contribution in [3.05, 3.63) is 29.8 Å². The highest BCUT2D eigenvalue weighted by molar-refractivity contribution is 5.76. The van der Waals surface area contributed by atoms with Gasteiger partial charge in [-0.25, -0.2) is 0 Å². The molecule has 0 radical (unpaired) electrons. The van der Waals surface area contributed by atoms with E-state index in [4.69, 9.17) is 9.47 Å². The summed E-state index contributed by atoms with van der Waals surface area (Å²) in [5, 5.41) is 0. The van der Waals surface area contributed by atoms with Crippen LogP contribution in [0.1, 0.15) is 63.0 Å². The van der Waals surface area contributed by atoms with Crippen LogP contribution in [0.4, 0.5) is 0 Å². The Morgan fingerprint density at radius 3 is 2.71 bits per heavy atom. The van der Waals surface area contributed by atoms with E-state index in [1.165, 1.54) is 18.4 Å². The molecule has 2 heterocycles. The van der Waals surface area contributed by atoms with Gasteiger partial charge < -0.3 is 14.4 Å². The maximum absolute atomic E-state index is 12.9. The number of hydrogen-bond acceptors (Lipinski definition) is 3. The molecule has 0 spiro atoms. The molecule has 0 bridgehead atoms. The zero-order valence-corrected chi connectivity index (χ0v) is 14.7. The van der Waals surface area contributed by atoms with Gasteiger partial charge in [-0.05, 0) is 49.8 Å². The number of amides is 1. The smallest absolute Gasteiger partial charge is 0.223 e. The molecule has 2 saturated heterocycles. The lowest BCUT2D eigenvalue weighted by atomic mass is 10.00. The van der Waals surface area contributed by atoms with Gasteiger partial charge in [0.1, 0.15) is 5.75 Å². The number of ether oxygens (including phenoxy) is 2. The van der Waals surface area contributed by atoms with Crippen LogP contribution in [0.15, 0.2) is 24.3 Å². The van der Waals surface area contributed by atoms with Crippen LogP contribution in [0.2, 0.25) is 0 Å². The van der Waals surface area contributed by atoms with Gasteiger partial charge in [0.25, 0.3) is 0 Å². The fourth-order valence-corrected chi connectivity index (χ4v) is 3.88. The van der Waals surface area contributed by atoms with Gasteiger partial charge >= 0.3 is 0 Å². The largest absolute Gasteiger partial charge is 0.497 e. The zero-order chi connectivity index (χ0) is 16.8. The first-order valence-electron chi connectivity index (χ1n) is 9.33. The van der Waals surface area contributed by atoms with Crippen molar-refractivity contribution in [3.63, 3.8) is 0 Å². The minimum atomic E-state index is 0.204. The third-order valence-electron chi connectivity index (χ3n) is 5.28. The Morgan fingerprint density at radius 1 is 1.17 bits per heavy atom. The summed E-state index contributed by atoms with van der Waals surface area (Å²) in [7, 11) is 1.68. The lowest BCUT2D eigenvalue weighted by Crippen LogP contribution is -2.35. The summed E-state index contributed by atoms with van der Waals surface area (Å²) in [4.78, 5) is 15.0. The molecule has 4 heteroatoms. The Labute approximate surface area is 145 Å². The number of likely N-dealkylation sites (tertiary alicyclic amines) is 1. The minimum absolute atomic E-state index is 0.204. The Hall–Kier alpha value is -1.55. The van der Waals surface area contributed by atoms with Crippen LogP contribution >= 0.6 is 0 Å². The normalized spacial score (nSPS) is 24.6. The molecule has 0 saturated carbocycles. The van der Waals surface area contributed by atoms with Gasteiger partial charge in [-0.15, -0.1) is 0 Å². The summed E-state index contributed by atoms with van der Waals surface area (Å²) < 4.78 is 10.9. The van der Waals surface area contributed by atoms with Crippen molar-refractivity contribution in [2.24, 2.45) is 0 Å². The second-order valence-electron chi connectivity index (χ2n) is 6.90. The number of benzene rings is 1. The zero-order valence-electron chi connectivity index (χ0n) is 14.7. The van der Waals surface area contributed by atoms with Crippen molar-refractivity contribution in [3.8, 4) is 5.75 Å². The van der Waals surface area contributed by atoms with Crippen LogP contribution in [-0.4, -0.2) is 37.2 Å². The van der Waals surface area contributed by atoms with E-state index in [0.29, 0.717) is 12.5 Å². The number of hydrogen-bond donors (Lipinski definition) is 0. The number of carbonyl (C=O) groups excluding carboxylic acids is 1. The van der Waals surface area contributed by atoms with E-state index in [1.807, 2.05) is 12.1 Å². The number of rotatable bonds is 5. The van der Waals surface area contributed by atoms with E-state index >= 15 is 0 Å². The summed E-state index contributed by atoms with van der Waals surface area (Å²) in [6.07, 6.45) is 8.57. The Bertz CT molecular complexity index is 522. The molecular formula is C20H29NO3. The molecule has 1 aromatic rings. The van der Waals surface area contributed by atoms with Crippen LogP contribution in [-0.2, 0) is 9.53 Å². The lowest BCUT2D eigenvalue weighted by molar-refractivity contribution is -0.134. The fourth-order valence-electron chi connectivity index (χ4n) is 3.88. The monoisotopic (exact) mass is 331 g/mol. The molecule has 2 aliphatic rings. The predicted octanol–water partition coefficient (Wildman–Crippen LogP) is 4.10. The van der Waals surface area contributed by atoms with E-state index in [1.54, 1.807) is 7.11 Å². The molecule has 24 heavy (non-hydrogen) atoms. The summed E-state index contributed by atoms with van der Waals surface area (Å²) >= 11 is 0. The first-order valence-corrected chi connectivity index (χ1v) is 9.33. The molecule has 2 aliphatic heterocycles. The van der Waals surface area contributed by atoms with Crippen LogP contribution < -0.4 is 4.74 Å². The van der Waals surface area contributed by atoms with Crippen molar-refractivity contribution in [2.75, 3.05) is 20.3 Å². The molecule has 1 amide bonds. The average molecular weight is 331 g/mol. The van der Waals surface area contributed by atoms with Gasteiger partial charge in [-0.2, -0.15) is 0 Å². The highest BCUT2D eigenvalue weighted by Crippen LogP contribution is 2.32. The van der Waals surface area contributed by atoms with Crippen LogP contribution in [0, 0.1) is 0 Å². The highest BCUT2D eigenvalue weighted by atomic mass is 16.5. The van der Waals surface area contributed by atoms with E-state index in [2.05, 4.69) is 17.0 Å². The Morgan fingerprint density at radius 2 is 2.00 bits per heavy atom. The van der Waals surface area contributed by atoms with Crippen molar-refractivity contribution in [2.45, 2.75) is 63.5 Å². The van der Waals surface area contributed by atoms with Gasteiger partial charge in [-0.3, -0.25) is 4.79 Å². The quantitative estimate of drug-likeness (QED) is 0.815. The van der Waals surface area contributed by atoms with Crippen LogP contribution in [0.3, 0.4) is 0 Å². The molecule has 132 valence electrons. The Kier molecular flexibility index (Phi) is 6.13. The van der Waals surface area contributed by atoms with E-state index in [9.17, 15) is 4.79 Å².